The van der Waals surface area contributed by atoms with Gasteiger partial charge in [-0.25, -0.2) is 0 Å². The number of nitrogen functional groups attached to an aromatic ring is 1. The fourth-order valence-electron chi connectivity index (χ4n) is 3.04. The summed E-state index contributed by atoms with van der Waals surface area (Å²) >= 11 is 0. The topological polar surface area (TPSA) is 86.5 Å². The van der Waals surface area contributed by atoms with E-state index in [2.05, 4.69) is 5.10 Å². The Kier molecular flexibility index (Phi) is 4.38. The number of amides is 1. The highest BCUT2D eigenvalue weighted by atomic mass is 16.5. The van der Waals surface area contributed by atoms with E-state index >= 15 is 0 Å². The van der Waals surface area contributed by atoms with E-state index < -0.39 is 0 Å². The van der Waals surface area contributed by atoms with Gasteiger partial charge in [0.05, 0.1) is 31.4 Å². The number of hydrogen-bond donors (Lipinski definition) is 1. The first kappa shape index (κ1) is 15.6. The molecule has 0 unspecified atom stereocenters. The van der Waals surface area contributed by atoms with Crippen LogP contribution in [0.25, 0.3) is 0 Å². The number of nitrogens with two attached hydrogens (primary N) is 1. The lowest BCUT2D eigenvalue weighted by Gasteiger charge is -2.24. The molecule has 2 atom stereocenters. The zero-order chi connectivity index (χ0) is 16.4. The van der Waals surface area contributed by atoms with E-state index in [0.29, 0.717) is 18.9 Å². The van der Waals surface area contributed by atoms with Gasteiger partial charge in [-0.2, -0.15) is 5.10 Å². The molecule has 2 N–H and O–H groups in total. The summed E-state index contributed by atoms with van der Waals surface area (Å²) in [5.41, 5.74) is 6.66. The highest BCUT2D eigenvalue weighted by molar-refractivity contribution is 5.79. The number of likely N-dealkylation sites (tertiary alicyclic amines) is 1. The number of hydrogen-bond acceptors (Lipinski definition) is 5. The van der Waals surface area contributed by atoms with Gasteiger partial charge < -0.3 is 19.8 Å². The van der Waals surface area contributed by atoms with Crippen molar-refractivity contribution in [3.05, 3.63) is 35.9 Å². The molecule has 1 aliphatic rings. The van der Waals surface area contributed by atoms with Crippen LogP contribution in [0.1, 0.15) is 17.7 Å². The molecule has 1 amide bonds. The molecule has 23 heavy (non-hydrogen) atoms. The van der Waals surface area contributed by atoms with Crippen molar-refractivity contribution in [2.24, 2.45) is 0 Å². The zero-order valence-electron chi connectivity index (χ0n) is 13.4. The zero-order valence-corrected chi connectivity index (χ0v) is 13.4. The summed E-state index contributed by atoms with van der Waals surface area (Å²) in [6.45, 7) is 3.15. The summed E-state index contributed by atoms with van der Waals surface area (Å²) in [5, 5.41) is 4.21. The van der Waals surface area contributed by atoms with Gasteiger partial charge >= 0.3 is 0 Å². The van der Waals surface area contributed by atoms with Crippen molar-refractivity contribution in [1.82, 2.24) is 14.7 Å². The minimum atomic E-state index is 0.0435. The average molecular weight is 318 g/mol. The number of aryl methyl sites for hydroxylation is 1. The van der Waals surface area contributed by atoms with Gasteiger partial charge in [0.15, 0.2) is 0 Å². The minimum Gasteiger partial charge on any atom is -0.469 e. The van der Waals surface area contributed by atoms with E-state index in [1.807, 2.05) is 24.1 Å². The standard InChI is InChI=1S/C16H22N4O3/c1-11-4-6-23-14(11)8-16(21)20-10-13(22-2)7-12(20)9-19-5-3-15(17)18-19/h3-6,12-13H,7-10H2,1-2H3,(H2,17,18)/t12-,13-/m0/s1. The van der Waals surface area contributed by atoms with Gasteiger partial charge in [-0.05, 0) is 31.0 Å². The smallest absolute Gasteiger partial charge is 0.230 e. The molecule has 7 heteroatoms. The number of carbonyl (C=O) groups excluding carboxylic acids is 1. The lowest BCUT2D eigenvalue weighted by molar-refractivity contribution is -0.132. The summed E-state index contributed by atoms with van der Waals surface area (Å²) in [5.74, 6) is 1.25. The maximum absolute atomic E-state index is 12.7. The number of anilines is 1. The van der Waals surface area contributed by atoms with E-state index in [4.69, 9.17) is 14.9 Å². The first-order valence-electron chi connectivity index (χ1n) is 7.71. The lowest BCUT2D eigenvalue weighted by Crippen LogP contribution is -2.39. The first-order valence-corrected chi connectivity index (χ1v) is 7.71. The van der Waals surface area contributed by atoms with Crippen molar-refractivity contribution in [2.45, 2.75) is 38.5 Å². The van der Waals surface area contributed by atoms with Gasteiger partial charge in [0, 0.05) is 19.9 Å². The highest BCUT2D eigenvalue weighted by Gasteiger charge is 2.35. The van der Waals surface area contributed by atoms with Crippen molar-refractivity contribution in [3.63, 3.8) is 0 Å². The second kappa shape index (κ2) is 6.45. The van der Waals surface area contributed by atoms with E-state index in [9.17, 15) is 4.79 Å². The third-order valence-corrected chi connectivity index (χ3v) is 4.37. The number of rotatable bonds is 5. The van der Waals surface area contributed by atoms with Crippen LogP contribution in [-0.2, 0) is 22.5 Å². The molecule has 0 bridgehead atoms. The van der Waals surface area contributed by atoms with Crippen LogP contribution >= 0.6 is 0 Å². The third kappa shape index (κ3) is 3.39. The molecule has 7 nitrogen and oxygen atoms in total. The maximum atomic E-state index is 12.7. The number of carbonyl (C=O) groups is 1. The Hall–Kier alpha value is -2.28. The van der Waals surface area contributed by atoms with Gasteiger partial charge in [-0.3, -0.25) is 9.48 Å². The number of ether oxygens (including phenoxy) is 1. The Labute approximate surface area is 135 Å². The SMILES string of the molecule is CO[C@H]1C[C@@H](Cn2ccc(N)n2)N(C(=O)Cc2occc2C)C1. The van der Waals surface area contributed by atoms with E-state index in [1.54, 1.807) is 24.1 Å². The summed E-state index contributed by atoms with van der Waals surface area (Å²) in [7, 11) is 1.68. The molecule has 124 valence electrons. The highest BCUT2D eigenvalue weighted by Crippen LogP contribution is 2.23. The molecule has 0 saturated carbocycles. The van der Waals surface area contributed by atoms with Crippen LogP contribution in [0.5, 0.6) is 0 Å². The summed E-state index contributed by atoms with van der Waals surface area (Å²) in [6, 6.07) is 3.66. The van der Waals surface area contributed by atoms with Gasteiger partial charge in [0.25, 0.3) is 0 Å². The molecule has 2 aromatic rings. The lowest BCUT2D eigenvalue weighted by atomic mass is 10.1. The molecule has 1 saturated heterocycles. The predicted octanol–water partition coefficient (Wildman–Crippen LogP) is 1.23. The second-order valence-corrected chi connectivity index (χ2v) is 5.96. The quantitative estimate of drug-likeness (QED) is 0.896. The monoisotopic (exact) mass is 318 g/mol. The summed E-state index contributed by atoms with van der Waals surface area (Å²) < 4.78 is 12.6. The van der Waals surface area contributed by atoms with Gasteiger partial charge in [-0.1, -0.05) is 0 Å². The molecule has 0 aromatic carbocycles. The molecule has 2 aromatic heterocycles. The molecule has 1 fully saturated rings. The van der Waals surface area contributed by atoms with Crippen LogP contribution in [-0.4, -0.2) is 46.4 Å². The van der Waals surface area contributed by atoms with Crippen LogP contribution in [0.4, 0.5) is 5.82 Å². The molecule has 1 aliphatic heterocycles. The molecular formula is C16H22N4O3. The summed E-state index contributed by atoms with van der Waals surface area (Å²) in [6.07, 6.45) is 4.56. The normalized spacial score (nSPS) is 21.0. The molecule has 3 rings (SSSR count). The fraction of sp³-hybridized carbons (Fsp3) is 0.500. The van der Waals surface area contributed by atoms with Gasteiger partial charge in [0.2, 0.25) is 5.91 Å². The first-order chi connectivity index (χ1) is 11.1. The van der Waals surface area contributed by atoms with Crippen LogP contribution < -0.4 is 5.73 Å². The fourth-order valence-corrected chi connectivity index (χ4v) is 3.04. The largest absolute Gasteiger partial charge is 0.469 e. The molecular weight excluding hydrogens is 296 g/mol. The van der Waals surface area contributed by atoms with Crippen molar-refractivity contribution in [1.29, 1.82) is 0 Å². The Balaban J connectivity index is 1.71. The number of nitrogens with zero attached hydrogens (tertiary/aromatic N) is 3. The van der Waals surface area contributed by atoms with E-state index in [1.165, 1.54) is 0 Å². The number of furan rings is 1. The minimum absolute atomic E-state index is 0.0435. The van der Waals surface area contributed by atoms with Crippen LogP contribution in [0.15, 0.2) is 29.0 Å². The van der Waals surface area contributed by atoms with Crippen LogP contribution in [0.3, 0.4) is 0 Å². The molecule has 3 heterocycles. The van der Waals surface area contributed by atoms with Gasteiger partial charge in [-0.15, -0.1) is 0 Å². The predicted molar refractivity (Wildman–Crippen MR) is 84.7 cm³/mol. The number of methoxy groups -OCH3 is 1. The molecule has 0 aliphatic carbocycles. The molecule has 0 spiro atoms. The van der Waals surface area contributed by atoms with Crippen molar-refractivity contribution in [3.8, 4) is 0 Å². The number of aromatic nitrogens is 2. The Morgan fingerprint density at radius 1 is 1.52 bits per heavy atom. The second-order valence-electron chi connectivity index (χ2n) is 5.96. The third-order valence-electron chi connectivity index (χ3n) is 4.37. The van der Waals surface area contributed by atoms with Crippen molar-refractivity contribution < 1.29 is 13.9 Å². The Morgan fingerprint density at radius 3 is 2.96 bits per heavy atom. The molecule has 0 radical (unpaired) electrons. The van der Waals surface area contributed by atoms with Crippen molar-refractivity contribution in [2.75, 3.05) is 19.4 Å². The van der Waals surface area contributed by atoms with E-state index in [0.717, 1.165) is 17.7 Å². The average Bonchev–Trinajstić information content (AvgIpc) is 3.21. The Bertz CT molecular complexity index is 678. The summed E-state index contributed by atoms with van der Waals surface area (Å²) in [4.78, 5) is 14.6. The maximum Gasteiger partial charge on any atom is 0.230 e. The van der Waals surface area contributed by atoms with Crippen LogP contribution in [0.2, 0.25) is 0 Å². The van der Waals surface area contributed by atoms with Crippen molar-refractivity contribution >= 4 is 11.7 Å². The van der Waals surface area contributed by atoms with Gasteiger partial charge in [0.1, 0.15) is 11.6 Å². The van der Waals surface area contributed by atoms with E-state index in [-0.39, 0.29) is 24.5 Å². The Morgan fingerprint density at radius 2 is 2.35 bits per heavy atom. The van der Waals surface area contributed by atoms with Crippen LogP contribution in [0, 0.1) is 6.92 Å².